The van der Waals surface area contributed by atoms with E-state index >= 15 is 0 Å². The Balaban J connectivity index is 2.09. The Labute approximate surface area is 104 Å². The summed E-state index contributed by atoms with van der Waals surface area (Å²) in [5, 5.41) is 0. The standard InChI is InChI=1S/C14H23N3/c1-3-14(4-2)7-8-17(11-14)13-6-5-12(9-15)16-10-13/h5-6,10H,3-4,7-9,11,15H2,1-2H3. The molecular weight excluding hydrogens is 210 g/mol. The van der Waals surface area contributed by atoms with Crippen molar-refractivity contribution in [3.05, 3.63) is 24.0 Å². The van der Waals surface area contributed by atoms with Crippen molar-refractivity contribution >= 4 is 5.69 Å². The molecule has 1 aliphatic heterocycles. The fourth-order valence-electron chi connectivity index (χ4n) is 2.71. The highest BCUT2D eigenvalue weighted by molar-refractivity contribution is 5.46. The van der Waals surface area contributed by atoms with Crippen molar-refractivity contribution in [2.24, 2.45) is 11.1 Å². The van der Waals surface area contributed by atoms with Gasteiger partial charge in [0.1, 0.15) is 0 Å². The summed E-state index contributed by atoms with van der Waals surface area (Å²) in [7, 11) is 0. The van der Waals surface area contributed by atoms with Crippen LogP contribution in [0.4, 0.5) is 5.69 Å². The molecule has 0 atom stereocenters. The molecule has 0 aromatic carbocycles. The van der Waals surface area contributed by atoms with Gasteiger partial charge >= 0.3 is 0 Å². The molecule has 3 nitrogen and oxygen atoms in total. The van der Waals surface area contributed by atoms with Gasteiger partial charge in [-0.05, 0) is 36.8 Å². The molecule has 0 radical (unpaired) electrons. The van der Waals surface area contributed by atoms with Crippen molar-refractivity contribution in [1.82, 2.24) is 4.98 Å². The second kappa shape index (κ2) is 5.05. The molecule has 0 saturated carbocycles. The van der Waals surface area contributed by atoms with Crippen LogP contribution in [0.1, 0.15) is 38.8 Å². The number of nitrogens with two attached hydrogens (primary N) is 1. The number of anilines is 1. The Morgan fingerprint density at radius 2 is 2.12 bits per heavy atom. The van der Waals surface area contributed by atoms with E-state index < -0.39 is 0 Å². The highest BCUT2D eigenvalue weighted by atomic mass is 15.2. The molecule has 2 heterocycles. The molecule has 1 aromatic rings. The van der Waals surface area contributed by atoms with Crippen molar-refractivity contribution in [2.75, 3.05) is 18.0 Å². The minimum Gasteiger partial charge on any atom is -0.370 e. The van der Waals surface area contributed by atoms with E-state index in [1.807, 2.05) is 12.3 Å². The van der Waals surface area contributed by atoms with E-state index in [1.54, 1.807) is 0 Å². The Hall–Kier alpha value is -1.09. The summed E-state index contributed by atoms with van der Waals surface area (Å²) in [6, 6.07) is 4.18. The fraction of sp³-hybridized carbons (Fsp3) is 0.643. The maximum atomic E-state index is 5.56. The molecule has 0 bridgehead atoms. The first-order valence-corrected chi connectivity index (χ1v) is 6.63. The summed E-state index contributed by atoms with van der Waals surface area (Å²) in [6.07, 6.45) is 5.81. The summed E-state index contributed by atoms with van der Waals surface area (Å²) in [5.74, 6) is 0. The van der Waals surface area contributed by atoms with Gasteiger partial charge in [0.15, 0.2) is 0 Å². The minimum absolute atomic E-state index is 0.520. The van der Waals surface area contributed by atoms with E-state index in [1.165, 1.54) is 31.5 Å². The lowest BCUT2D eigenvalue weighted by Gasteiger charge is -2.27. The van der Waals surface area contributed by atoms with Crippen LogP contribution < -0.4 is 10.6 Å². The van der Waals surface area contributed by atoms with Gasteiger partial charge in [-0.2, -0.15) is 0 Å². The number of rotatable bonds is 4. The van der Waals surface area contributed by atoms with Gasteiger partial charge in [0.05, 0.1) is 17.6 Å². The molecule has 1 aromatic heterocycles. The quantitative estimate of drug-likeness (QED) is 0.869. The van der Waals surface area contributed by atoms with Crippen molar-refractivity contribution < 1.29 is 0 Å². The van der Waals surface area contributed by atoms with Crippen LogP contribution in [0.15, 0.2) is 18.3 Å². The zero-order valence-corrected chi connectivity index (χ0v) is 10.9. The third-order valence-electron chi connectivity index (χ3n) is 4.32. The fourth-order valence-corrected chi connectivity index (χ4v) is 2.71. The number of nitrogens with zero attached hydrogens (tertiary/aromatic N) is 2. The van der Waals surface area contributed by atoms with Crippen molar-refractivity contribution in [3.8, 4) is 0 Å². The molecule has 2 N–H and O–H groups in total. The maximum Gasteiger partial charge on any atom is 0.0553 e. The molecule has 0 aliphatic carbocycles. The predicted octanol–water partition coefficient (Wildman–Crippen LogP) is 2.56. The van der Waals surface area contributed by atoms with Gasteiger partial charge in [0.2, 0.25) is 0 Å². The highest BCUT2D eigenvalue weighted by Crippen LogP contribution is 2.38. The van der Waals surface area contributed by atoms with Gasteiger partial charge in [-0.15, -0.1) is 0 Å². The molecule has 17 heavy (non-hydrogen) atoms. The second-order valence-electron chi connectivity index (χ2n) is 5.09. The molecule has 1 saturated heterocycles. The highest BCUT2D eigenvalue weighted by Gasteiger charge is 2.34. The van der Waals surface area contributed by atoms with E-state index in [-0.39, 0.29) is 0 Å². The van der Waals surface area contributed by atoms with Crippen molar-refractivity contribution in [2.45, 2.75) is 39.7 Å². The summed E-state index contributed by atoms with van der Waals surface area (Å²) in [4.78, 5) is 6.83. The smallest absolute Gasteiger partial charge is 0.0553 e. The largest absolute Gasteiger partial charge is 0.370 e. The number of hydrogen-bond acceptors (Lipinski definition) is 3. The number of hydrogen-bond donors (Lipinski definition) is 1. The molecule has 1 fully saturated rings. The summed E-state index contributed by atoms with van der Waals surface area (Å²) in [6.45, 7) is 7.47. The Morgan fingerprint density at radius 3 is 2.59 bits per heavy atom. The lowest BCUT2D eigenvalue weighted by molar-refractivity contribution is 0.301. The molecule has 94 valence electrons. The van der Waals surface area contributed by atoms with Crippen molar-refractivity contribution in [1.29, 1.82) is 0 Å². The first-order valence-electron chi connectivity index (χ1n) is 6.63. The molecular formula is C14H23N3. The van der Waals surface area contributed by atoms with E-state index in [9.17, 15) is 0 Å². The van der Waals surface area contributed by atoms with Gasteiger partial charge in [0, 0.05) is 19.6 Å². The van der Waals surface area contributed by atoms with Crippen LogP contribution in [0.25, 0.3) is 0 Å². The predicted molar refractivity (Wildman–Crippen MR) is 72.0 cm³/mol. The molecule has 1 aliphatic rings. The number of aromatic nitrogens is 1. The molecule has 0 unspecified atom stereocenters. The maximum absolute atomic E-state index is 5.56. The van der Waals surface area contributed by atoms with Gasteiger partial charge in [-0.3, -0.25) is 4.98 Å². The summed E-state index contributed by atoms with van der Waals surface area (Å²) in [5.41, 5.74) is 8.29. The van der Waals surface area contributed by atoms with Crippen LogP contribution in [-0.2, 0) is 6.54 Å². The monoisotopic (exact) mass is 233 g/mol. The molecule has 0 amide bonds. The topological polar surface area (TPSA) is 42.1 Å². The van der Waals surface area contributed by atoms with Gasteiger partial charge < -0.3 is 10.6 Å². The van der Waals surface area contributed by atoms with Crippen LogP contribution >= 0.6 is 0 Å². The Morgan fingerprint density at radius 1 is 1.35 bits per heavy atom. The second-order valence-corrected chi connectivity index (χ2v) is 5.09. The van der Waals surface area contributed by atoms with E-state index in [0.717, 1.165) is 12.2 Å². The van der Waals surface area contributed by atoms with Crippen LogP contribution in [0.2, 0.25) is 0 Å². The van der Waals surface area contributed by atoms with E-state index in [2.05, 4.69) is 29.8 Å². The molecule has 3 heteroatoms. The zero-order valence-electron chi connectivity index (χ0n) is 10.9. The SMILES string of the molecule is CCC1(CC)CCN(c2ccc(CN)nc2)C1. The molecule has 0 spiro atoms. The average Bonchev–Trinajstić information content (AvgIpc) is 2.84. The van der Waals surface area contributed by atoms with Gasteiger partial charge in [-0.1, -0.05) is 13.8 Å². The van der Waals surface area contributed by atoms with Crippen molar-refractivity contribution in [3.63, 3.8) is 0 Å². The van der Waals surface area contributed by atoms with Gasteiger partial charge in [0.25, 0.3) is 0 Å². The third kappa shape index (κ3) is 2.44. The Kier molecular flexibility index (Phi) is 3.67. The molecule has 2 rings (SSSR count). The summed E-state index contributed by atoms with van der Waals surface area (Å²) < 4.78 is 0. The van der Waals surface area contributed by atoms with E-state index in [0.29, 0.717) is 12.0 Å². The van der Waals surface area contributed by atoms with E-state index in [4.69, 9.17) is 5.73 Å². The normalized spacial score (nSPS) is 18.6. The minimum atomic E-state index is 0.520. The van der Waals surface area contributed by atoms with Gasteiger partial charge in [-0.25, -0.2) is 0 Å². The zero-order chi connectivity index (χ0) is 12.3. The third-order valence-corrected chi connectivity index (χ3v) is 4.32. The Bertz CT molecular complexity index is 354. The van der Waals surface area contributed by atoms with Crippen LogP contribution in [0, 0.1) is 5.41 Å². The summed E-state index contributed by atoms with van der Waals surface area (Å²) >= 11 is 0. The average molecular weight is 233 g/mol. The first kappa shape index (κ1) is 12.4. The lowest BCUT2D eigenvalue weighted by atomic mass is 9.82. The van der Waals surface area contributed by atoms with Crippen LogP contribution in [-0.4, -0.2) is 18.1 Å². The lowest BCUT2D eigenvalue weighted by Crippen LogP contribution is -2.26. The van der Waals surface area contributed by atoms with Crippen LogP contribution in [0.5, 0.6) is 0 Å². The first-order chi connectivity index (χ1) is 8.23. The number of pyridine rings is 1. The van der Waals surface area contributed by atoms with Crippen LogP contribution in [0.3, 0.4) is 0 Å².